The first-order valence-corrected chi connectivity index (χ1v) is 10.7. The second-order valence-electron chi connectivity index (χ2n) is 7.53. The van der Waals surface area contributed by atoms with E-state index in [1.165, 1.54) is 81.6 Å². The van der Waals surface area contributed by atoms with Crippen molar-refractivity contribution in [3.63, 3.8) is 0 Å². The van der Waals surface area contributed by atoms with Gasteiger partial charge < -0.3 is 21.5 Å². The second-order valence-corrected chi connectivity index (χ2v) is 8.32. The number of rotatable bonds is 14. The third-order valence-electron chi connectivity index (χ3n) is 4.60. The van der Waals surface area contributed by atoms with Gasteiger partial charge in [-0.1, -0.05) is 91.2 Å². The smallest absolute Gasteiger partial charge is 0.104 e. The molecule has 0 aliphatic heterocycles. The quantitative estimate of drug-likeness (QED) is 0.225. The average Bonchev–Trinajstić information content (AvgIpc) is 2.53. The van der Waals surface area contributed by atoms with Crippen molar-refractivity contribution in [2.24, 2.45) is 0 Å². The van der Waals surface area contributed by atoms with Gasteiger partial charge in [0.1, 0.15) is 6.54 Å². The van der Waals surface area contributed by atoms with Gasteiger partial charge in [-0.3, -0.25) is 0 Å². The van der Waals surface area contributed by atoms with E-state index in [2.05, 4.69) is 60.4 Å². The van der Waals surface area contributed by atoms with Crippen molar-refractivity contribution in [1.82, 2.24) is 0 Å². The summed E-state index contributed by atoms with van der Waals surface area (Å²) in [5, 5.41) is 1.17. The molecule has 0 atom stereocenters. The normalized spacial score (nSPS) is 11.3. The molecule has 140 valence electrons. The van der Waals surface area contributed by atoms with E-state index in [9.17, 15) is 0 Å². The zero-order valence-corrected chi connectivity index (χ0v) is 19.0. The maximum Gasteiger partial charge on any atom is 0.104 e. The van der Waals surface area contributed by atoms with E-state index >= 15 is 0 Å². The summed E-state index contributed by atoms with van der Waals surface area (Å²) < 4.78 is 1.11. The Bertz CT molecular complexity index is 379. The van der Waals surface area contributed by atoms with Gasteiger partial charge in [-0.2, -0.15) is 0 Å². The van der Waals surface area contributed by atoms with E-state index in [-0.39, 0.29) is 17.0 Å². The predicted octanol–water partition coefficient (Wildman–Crippen LogP) is 3.56. The van der Waals surface area contributed by atoms with Gasteiger partial charge in [0, 0.05) is 10.9 Å². The minimum absolute atomic E-state index is 0. The summed E-state index contributed by atoms with van der Waals surface area (Å²) in [4.78, 5) is 0. The van der Waals surface area contributed by atoms with Crippen LogP contribution in [0.3, 0.4) is 0 Å². The molecule has 24 heavy (non-hydrogen) atoms. The number of halogens is 2. The van der Waals surface area contributed by atoms with E-state index in [1.807, 2.05) is 0 Å². The highest BCUT2D eigenvalue weighted by Gasteiger charge is 2.14. The number of hydrogen-bond acceptors (Lipinski definition) is 0. The Hall–Kier alpha value is 0.140. The molecule has 3 heteroatoms. The maximum atomic E-state index is 3.50. The lowest BCUT2D eigenvalue weighted by atomic mass is 10.1. The zero-order chi connectivity index (χ0) is 16.8. The molecule has 0 N–H and O–H groups in total. The van der Waals surface area contributed by atoms with Crippen LogP contribution in [0.2, 0.25) is 0 Å². The Morgan fingerprint density at radius 3 is 1.67 bits per heavy atom. The molecular weight excluding hydrogens is 426 g/mol. The minimum atomic E-state index is 0. The van der Waals surface area contributed by atoms with Gasteiger partial charge in [-0.15, -0.1) is 0 Å². The average molecular weight is 463 g/mol. The highest BCUT2D eigenvalue weighted by Crippen LogP contribution is 2.14. The highest BCUT2D eigenvalue weighted by atomic mass is 79.9. The molecule has 0 aromatic heterocycles. The Morgan fingerprint density at radius 1 is 0.708 bits per heavy atom. The van der Waals surface area contributed by atoms with Crippen molar-refractivity contribution in [2.45, 2.75) is 70.8 Å². The third kappa shape index (κ3) is 13.4. The molecule has 1 rings (SSSR count). The van der Waals surface area contributed by atoms with Gasteiger partial charge in [0.2, 0.25) is 0 Å². The lowest BCUT2D eigenvalue weighted by Crippen LogP contribution is -3.00. The van der Waals surface area contributed by atoms with Gasteiger partial charge in [0.05, 0.1) is 20.6 Å². The predicted molar refractivity (Wildman–Crippen MR) is 107 cm³/mol. The summed E-state index contributed by atoms with van der Waals surface area (Å²) in [6.45, 7) is 2.44. The van der Waals surface area contributed by atoms with Gasteiger partial charge in [-0.05, 0) is 19.3 Å². The van der Waals surface area contributed by atoms with Crippen LogP contribution in [-0.4, -0.2) is 30.5 Å². The molecule has 0 saturated carbocycles. The van der Waals surface area contributed by atoms with Crippen molar-refractivity contribution in [1.29, 1.82) is 0 Å². The van der Waals surface area contributed by atoms with Gasteiger partial charge >= 0.3 is 0 Å². The number of nitrogens with zero attached hydrogens (tertiary/aromatic N) is 1. The van der Waals surface area contributed by atoms with Crippen molar-refractivity contribution in [3.05, 3.63) is 35.9 Å². The first-order chi connectivity index (χ1) is 11.1. The fourth-order valence-corrected chi connectivity index (χ4v) is 3.60. The van der Waals surface area contributed by atoms with Crippen LogP contribution < -0.4 is 17.0 Å². The molecule has 0 spiro atoms. The first-order valence-electron chi connectivity index (χ1n) is 9.56. The number of benzene rings is 1. The maximum absolute atomic E-state index is 3.50. The topological polar surface area (TPSA) is 0 Å². The lowest BCUT2D eigenvalue weighted by molar-refractivity contribution is -0.903. The molecule has 0 aliphatic carbocycles. The van der Waals surface area contributed by atoms with E-state index in [0.29, 0.717) is 0 Å². The fourth-order valence-electron chi connectivity index (χ4n) is 3.21. The number of quaternary nitrogens is 1. The van der Waals surface area contributed by atoms with Crippen molar-refractivity contribution in [2.75, 3.05) is 26.0 Å². The first kappa shape index (κ1) is 24.1. The second kappa shape index (κ2) is 15.4. The Morgan fingerprint density at radius 2 is 1.17 bits per heavy atom. The molecule has 0 unspecified atom stereocenters. The summed E-state index contributed by atoms with van der Waals surface area (Å²) >= 11 is 3.50. The largest absolute Gasteiger partial charge is 1.00 e. The van der Waals surface area contributed by atoms with Gasteiger partial charge in [0.15, 0.2) is 0 Å². The van der Waals surface area contributed by atoms with Crippen molar-refractivity contribution >= 4 is 15.9 Å². The van der Waals surface area contributed by atoms with Crippen LogP contribution >= 0.6 is 15.9 Å². The summed E-state index contributed by atoms with van der Waals surface area (Å²) in [5.41, 5.74) is 1.46. The van der Waals surface area contributed by atoms with Gasteiger partial charge in [0.25, 0.3) is 0 Å². The van der Waals surface area contributed by atoms with Crippen molar-refractivity contribution < 1.29 is 21.5 Å². The summed E-state index contributed by atoms with van der Waals surface area (Å²) in [5.74, 6) is 0. The fraction of sp³-hybridized carbons (Fsp3) is 0.714. The number of alkyl halides is 1. The molecule has 0 radical (unpaired) electrons. The standard InChI is InChI=1S/C21H37BrN.BrH/c1-23(2,20-21-16-12-11-13-17-21)19-15-10-8-6-4-3-5-7-9-14-18-22;/h11-13,16-17H,3-10,14-15,18-20H2,1-2H3;1H/q+1;/p-1. The molecule has 0 saturated heterocycles. The summed E-state index contributed by atoms with van der Waals surface area (Å²) in [6, 6.07) is 10.9. The Kier molecular flexibility index (Phi) is 15.5. The molecule has 0 heterocycles. The zero-order valence-electron chi connectivity index (χ0n) is 15.8. The van der Waals surface area contributed by atoms with Crippen LogP contribution in [0.25, 0.3) is 0 Å². The highest BCUT2D eigenvalue weighted by molar-refractivity contribution is 9.09. The molecule has 0 amide bonds. The third-order valence-corrected chi connectivity index (χ3v) is 5.16. The van der Waals surface area contributed by atoms with Crippen LogP contribution in [0.4, 0.5) is 0 Å². The molecule has 0 aliphatic rings. The Labute approximate surface area is 169 Å². The monoisotopic (exact) mass is 461 g/mol. The molecule has 1 aromatic rings. The van der Waals surface area contributed by atoms with E-state index in [1.54, 1.807) is 0 Å². The molecule has 1 aromatic carbocycles. The Balaban J connectivity index is 0.00000529. The van der Waals surface area contributed by atoms with E-state index in [4.69, 9.17) is 0 Å². The van der Waals surface area contributed by atoms with Crippen LogP contribution in [0.15, 0.2) is 30.3 Å². The SMILES string of the molecule is C[N+](C)(CCCCCCCCCCCCBr)Cc1ccccc1.[Br-]. The summed E-state index contributed by atoms with van der Waals surface area (Å²) in [7, 11) is 4.72. The van der Waals surface area contributed by atoms with E-state index < -0.39 is 0 Å². The number of unbranched alkanes of at least 4 members (excludes halogenated alkanes) is 9. The van der Waals surface area contributed by atoms with Crippen molar-refractivity contribution in [3.8, 4) is 0 Å². The van der Waals surface area contributed by atoms with Crippen LogP contribution in [0.1, 0.15) is 69.8 Å². The van der Waals surface area contributed by atoms with Crippen LogP contribution in [0, 0.1) is 0 Å². The summed E-state index contributed by atoms with van der Waals surface area (Å²) in [6.07, 6.45) is 14.1. The van der Waals surface area contributed by atoms with E-state index in [0.717, 1.165) is 11.0 Å². The molecule has 0 bridgehead atoms. The molecular formula is C21H37Br2N. The van der Waals surface area contributed by atoms with Crippen LogP contribution in [0.5, 0.6) is 0 Å². The lowest BCUT2D eigenvalue weighted by Gasteiger charge is -2.30. The van der Waals surface area contributed by atoms with Gasteiger partial charge in [-0.25, -0.2) is 0 Å². The van der Waals surface area contributed by atoms with Crippen LogP contribution in [-0.2, 0) is 6.54 Å². The number of hydrogen-bond donors (Lipinski definition) is 0. The molecule has 0 fully saturated rings. The minimum Gasteiger partial charge on any atom is -1.00 e. The molecule has 1 nitrogen and oxygen atoms in total.